The van der Waals surface area contributed by atoms with Crippen molar-refractivity contribution in [2.24, 2.45) is 4.99 Å². The lowest BCUT2D eigenvalue weighted by Gasteiger charge is -2.26. The van der Waals surface area contributed by atoms with E-state index in [0.717, 1.165) is 56.0 Å². The summed E-state index contributed by atoms with van der Waals surface area (Å²) in [6, 6.07) is 7.88. The van der Waals surface area contributed by atoms with Crippen LogP contribution >= 0.6 is 0 Å². The lowest BCUT2D eigenvalue weighted by Crippen LogP contribution is -2.37. The quantitative estimate of drug-likeness (QED) is 0.648. The molecule has 1 aliphatic heterocycles. The first-order chi connectivity index (χ1) is 11.2. The Balaban J connectivity index is 1.87. The van der Waals surface area contributed by atoms with Crippen molar-refractivity contribution in [2.45, 2.75) is 39.2 Å². The molecule has 1 aromatic rings. The molecule has 1 heterocycles. The van der Waals surface area contributed by atoms with Gasteiger partial charge in [0.2, 0.25) is 0 Å². The number of hydrogen-bond acceptors (Lipinski definition) is 2. The molecule has 23 heavy (non-hydrogen) atoms. The Kier molecular flexibility index (Phi) is 6.91. The number of nitrogens with zero attached hydrogens (tertiary/aromatic N) is 2. The number of piperidine rings is 1. The summed E-state index contributed by atoms with van der Waals surface area (Å²) in [6.45, 7) is 5.51. The molecule has 2 rings (SSSR count). The zero-order valence-corrected chi connectivity index (χ0v) is 14.3. The van der Waals surface area contributed by atoms with Crippen LogP contribution in [0.3, 0.4) is 0 Å². The summed E-state index contributed by atoms with van der Waals surface area (Å²) in [5.74, 6) is 0.963. The average Bonchev–Trinajstić information content (AvgIpc) is 2.62. The minimum Gasteiger partial charge on any atom is -0.356 e. The Hall–Kier alpha value is -2.04. The largest absolute Gasteiger partial charge is 0.356 e. The lowest BCUT2D eigenvalue weighted by molar-refractivity contribution is 0.0724. The van der Waals surface area contributed by atoms with E-state index in [-0.39, 0.29) is 5.91 Å². The average molecular weight is 316 g/mol. The maximum absolute atomic E-state index is 12.4. The third-order valence-electron chi connectivity index (χ3n) is 4.07. The van der Waals surface area contributed by atoms with Crippen molar-refractivity contribution in [1.29, 1.82) is 0 Å². The fourth-order valence-corrected chi connectivity index (χ4v) is 2.69. The van der Waals surface area contributed by atoms with Gasteiger partial charge in [0.15, 0.2) is 5.96 Å². The van der Waals surface area contributed by atoms with Crippen LogP contribution in [0.25, 0.3) is 0 Å². The second kappa shape index (κ2) is 9.18. The fourth-order valence-electron chi connectivity index (χ4n) is 2.69. The molecule has 0 spiro atoms. The third-order valence-corrected chi connectivity index (χ3v) is 4.07. The Morgan fingerprint density at radius 1 is 1.13 bits per heavy atom. The second-order valence-electron chi connectivity index (χ2n) is 5.90. The van der Waals surface area contributed by atoms with Gasteiger partial charge in [0.1, 0.15) is 0 Å². The molecule has 1 amide bonds. The number of carbonyl (C=O) groups is 1. The molecule has 5 heteroatoms. The van der Waals surface area contributed by atoms with Crippen LogP contribution in [0, 0.1) is 0 Å². The molecular weight excluding hydrogens is 288 g/mol. The maximum Gasteiger partial charge on any atom is 0.253 e. The van der Waals surface area contributed by atoms with Gasteiger partial charge >= 0.3 is 0 Å². The third kappa shape index (κ3) is 5.27. The molecule has 1 aliphatic rings. The van der Waals surface area contributed by atoms with Crippen LogP contribution in [0.15, 0.2) is 29.3 Å². The number of benzene rings is 1. The topological polar surface area (TPSA) is 56.7 Å². The molecule has 1 fully saturated rings. The van der Waals surface area contributed by atoms with Gasteiger partial charge in [0.05, 0.1) is 0 Å². The van der Waals surface area contributed by atoms with Gasteiger partial charge < -0.3 is 15.5 Å². The van der Waals surface area contributed by atoms with Crippen molar-refractivity contribution in [3.05, 3.63) is 35.4 Å². The number of aliphatic imine (C=N–C) groups is 1. The molecule has 0 unspecified atom stereocenters. The second-order valence-corrected chi connectivity index (χ2v) is 5.90. The Labute approximate surface area is 139 Å². The number of carbonyl (C=O) groups excluding carboxylic acids is 1. The van der Waals surface area contributed by atoms with E-state index >= 15 is 0 Å². The van der Waals surface area contributed by atoms with Crippen LogP contribution in [0.5, 0.6) is 0 Å². The highest BCUT2D eigenvalue weighted by molar-refractivity contribution is 5.94. The zero-order valence-electron chi connectivity index (χ0n) is 14.3. The van der Waals surface area contributed by atoms with Crippen LogP contribution in [-0.4, -0.2) is 43.4 Å². The SMILES string of the molecule is CCCNC(=NC)NCc1ccc(C(=O)N2CCCCC2)cc1. The van der Waals surface area contributed by atoms with Crippen molar-refractivity contribution in [3.8, 4) is 0 Å². The monoisotopic (exact) mass is 316 g/mol. The zero-order chi connectivity index (χ0) is 16.5. The number of amides is 1. The number of likely N-dealkylation sites (tertiary alicyclic amines) is 1. The number of guanidine groups is 1. The molecule has 0 atom stereocenters. The summed E-state index contributed by atoms with van der Waals surface area (Å²) in [5.41, 5.74) is 1.92. The first-order valence-electron chi connectivity index (χ1n) is 8.57. The minimum atomic E-state index is 0.157. The summed E-state index contributed by atoms with van der Waals surface area (Å²) in [6.07, 6.45) is 4.55. The summed E-state index contributed by atoms with van der Waals surface area (Å²) < 4.78 is 0. The van der Waals surface area contributed by atoms with Gasteiger partial charge in [0, 0.05) is 38.8 Å². The van der Waals surface area contributed by atoms with Crippen LogP contribution in [0.4, 0.5) is 0 Å². The maximum atomic E-state index is 12.4. The highest BCUT2D eigenvalue weighted by Crippen LogP contribution is 2.13. The summed E-state index contributed by atoms with van der Waals surface area (Å²) in [5, 5.41) is 6.52. The van der Waals surface area contributed by atoms with E-state index in [0.29, 0.717) is 6.54 Å². The normalized spacial score (nSPS) is 15.4. The highest BCUT2D eigenvalue weighted by atomic mass is 16.2. The molecule has 1 aromatic carbocycles. The fraction of sp³-hybridized carbons (Fsp3) is 0.556. The van der Waals surface area contributed by atoms with Crippen LogP contribution in [0.1, 0.15) is 48.5 Å². The molecular formula is C18H28N4O. The Morgan fingerprint density at radius 3 is 2.43 bits per heavy atom. The van der Waals surface area contributed by atoms with Crippen LogP contribution in [0.2, 0.25) is 0 Å². The molecule has 126 valence electrons. The van der Waals surface area contributed by atoms with Gasteiger partial charge in [-0.3, -0.25) is 9.79 Å². The van der Waals surface area contributed by atoms with Crippen molar-refractivity contribution in [2.75, 3.05) is 26.7 Å². The smallest absolute Gasteiger partial charge is 0.253 e. The van der Waals surface area contributed by atoms with Gasteiger partial charge in [-0.1, -0.05) is 19.1 Å². The van der Waals surface area contributed by atoms with Crippen molar-refractivity contribution >= 4 is 11.9 Å². The number of rotatable bonds is 5. The van der Waals surface area contributed by atoms with E-state index < -0.39 is 0 Å². The highest BCUT2D eigenvalue weighted by Gasteiger charge is 2.17. The van der Waals surface area contributed by atoms with Gasteiger partial charge in [-0.2, -0.15) is 0 Å². The summed E-state index contributed by atoms with van der Waals surface area (Å²) >= 11 is 0. The van der Waals surface area contributed by atoms with E-state index in [1.807, 2.05) is 29.2 Å². The molecule has 0 radical (unpaired) electrons. The van der Waals surface area contributed by atoms with E-state index in [2.05, 4.69) is 22.5 Å². The predicted octanol–water partition coefficient (Wildman–Crippen LogP) is 2.39. The summed E-state index contributed by atoms with van der Waals surface area (Å²) in [4.78, 5) is 18.6. The molecule has 0 saturated carbocycles. The van der Waals surface area contributed by atoms with Crippen molar-refractivity contribution in [1.82, 2.24) is 15.5 Å². The van der Waals surface area contributed by atoms with Gasteiger partial charge in [-0.25, -0.2) is 0 Å². The Bertz CT molecular complexity index is 518. The first kappa shape index (κ1) is 17.3. The standard InChI is InChI=1S/C18H28N4O/c1-3-11-20-18(19-2)21-14-15-7-9-16(10-8-15)17(23)22-12-5-4-6-13-22/h7-10H,3-6,11-14H2,1-2H3,(H2,19,20,21). The molecule has 0 bridgehead atoms. The van der Waals surface area contributed by atoms with E-state index in [9.17, 15) is 4.79 Å². The number of hydrogen-bond donors (Lipinski definition) is 2. The van der Waals surface area contributed by atoms with E-state index in [4.69, 9.17) is 0 Å². The molecule has 1 saturated heterocycles. The molecule has 0 aromatic heterocycles. The van der Waals surface area contributed by atoms with Crippen molar-refractivity contribution < 1.29 is 4.79 Å². The molecule has 0 aliphatic carbocycles. The van der Waals surface area contributed by atoms with Gasteiger partial charge in [0.25, 0.3) is 5.91 Å². The van der Waals surface area contributed by atoms with E-state index in [1.165, 1.54) is 6.42 Å². The van der Waals surface area contributed by atoms with Gasteiger partial charge in [-0.05, 0) is 43.4 Å². The molecule has 2 N–H and O–H groups in total. The predicted molar refractivity (Wildman–Crippen MR) is 94.7 cm³/mol. The number of nitrogens with one attached hydrogen (secondary N) is 2. The van der Waals surface area contributed by atoms with E-state index in [1.54, 1.807) is 7.05 Å². The van der Waals surface area contributed by atoms with Crippen LogP contribution in [-0.2, 0) is 6.54 Å². The van der Waals surface area contributed by atoms with Gasteiger partial charge in [-0.15, -0.1) is 0 Å². The van der Waals surface area contributed by atoms with Crippen molar-refractivity contribution in [3.63, 3.8) is 0 Å². The first-order valence-corrected chi connectivity index (χ1v) is 8.57. The Morgan fingerprint density at radius 2 is 1.83 bits per heavy atom. The lowest BCUT2D eigenvalue weighted by atomic mass is 10.1. The summed E-state index contributed by atoms with van der Waals surface area (Å²) in [7, 11) is 1.77. The minimum absolute atomic E-state index is 0.157. The molecule has 5 nitrogen and oxygen atoms in total. The van der Waals surface area contributed by atoms with Crippen LogP contribution < -0.4 is 10.6 Å².